The van der Waals surface area contributed by atoms with Gasteiger partial charge in [-0.25, -0.2) is 0 Å². The summed E-state index contributed by atoms with van der Waals surface area (Å²) in [5.41, 5.74) is 11.1. The molecule has 0 N–H and O–H groups in total. The van der Waals surface area contributed by atoms with Gasteiger partial charge in [-0.2, -0.15) is 0 Å². The zero-order chi connectivity index (χ0) is 35.1. The van der Waals surface area contributed by atoms with E-state index in [0.717, 1.165) is 12.8 Å². The van der Waals surface area contributed by atoms with Gasteiger partial charge in [0.1, 0.15) is 0 Å². The summed E-state index contributed by atoms with van der Waals surface area (Å²) in [6.07, 6.45) is 13.7. The molecule has 3 heteroatoms. The fourth-order valence-corrected chi connectivity index (χ4v) is 31.3. The van der Waals surface area contributed by atoms with E-state index in [0.29, 0.717) is 11.8 Å². The van der Waals surface area contributed by atoms with Crippen molar-refractivity contribution in [3.05, 3.63) is 116 Å². The molecule has 0 heterocycles. The molecule has 0 spiro atoms. The van der Waals surface area contributed by atoms with Crippen molar-refractivity contribution in [2.45, 2.75) is 110 Å². The Morgan fingerprint density at radius 3 is 2.00 bits per heavy atom. The predicted octanol–water partition coefficient (Wildman–Crippen LogP) is 13.4. The molecule has 5 aliphatic carbocycles. The Balaban J connectivity index is 0.00000243. The Labute approximate surface area is 318 Å². The average Bonchev–Trinajstić information content (AvgIpc) is 3.62. The molecule has 2 aromatic rings. The normalized spacial score (nSPS) is 30.6. The molecule has 0 saturated heterocycles. The standard InChI is InChI=1S/C29H37.C10H15.C6H5.CH3.CH2.2ClH.Zr/c1-18-25-22-17-19-13-9-10-14-20(19)24(22)21-15-11-12-16-23(21)29(25,8)28(6,7)27(4,5)26(18,2)3;1-8-5-6-9(7-8)10(2,3)4;1-2-4-6-5-3-1;;;;;/h9-11,13-15,23H,12,16-17H2,1-8H3;6-8H,1-4H3;1-5H;1H3;1H2;2*1H;. The maximum atomic E-state index is 5.96. The quantitative estimate of drug-likeness (QED) is 0.291. The van der Waals surface area contributed by atoms with Crippen molar-refractivity contribution >= 4 is 37.9 Å². The van der Waals surface area contributed by atoms with Crippen LogP contribution in [0.1, 0.15) is 107 Å². The van der Waals surface area contributed by atoms with Gasteiger partial charge >= 0.3 is 296 Å². The predicted molar refractivity (Wildman–Crippen MR) is 222 cm³/mol. The Kier molecular flexibility index (Phi) is 9.31. The monoisotopic (exact) mass is 788 g/mol. The summed E-state index contributed by atoms with van der Waals surface area (Å²) < 4.78 is 11.8. The molecule has 1 saturated carbocycles. The van der Waals surface area contributed by atoms with Crippen molar-refractivity contribution in [2.75, 3.05) is 0 Å². The molecule has 0 aliphatic heterocycles. The fourth-order valence-electron chi connectivity index (χ4n) is 12.7. The third kappa shape index (κ3) is 4.36. The molecule has 0 amide bonds. The molecule has 0 bridgehead atoms. The Morgan fingerprint density at radius 1 is 0.800 bits per heavy atom. The van der Waals surface area contributed by atoms with Crippen LogP contribution < -0.4 is 3.27 Å². The number of hydrogen-bond donors (Lipinski definition) is 0. The van der Waals surface area contributed by atoms with E-state index in [1.165, 1.54) is 26.4 Å². The number of rotatable bonds is 3. The summed E-state index contributed by atoms with van der Waals surface area (Å²) >= 11 is -4.74. The number of allylic oxidation sites excluding steroid dienone is 10. The van der Waals surface area contributed by atoms with Gasteiger partial charge in [0.05, 0.1) is 0 Å². The van der Waals surface area contributed by atoms with Gasteiger partial charge in [-0.05, 0) is 0 Å². The Morgan fingerprint density at radius 2 is 1.40 bits per heavy atom. The maximum absolute atomic E-state index is 5.96. The van der Waals surface area contributed by atoms with Crippen LogP contribution in [0.25, 0.3) is 5.57 Å². The SMILES string of the molecule is Cl.Cl.[CH2]=[Zr]([CH3])([C]1=CC(C(C)(C)C)=CC1C)([c]1ccccc1)[C]1(C)C2=C3Cc4ccccc4C3=C3C=CCCC3C2(C)C(C)(C)C(C)(C)C1(C)C. The average molecular weight is 791 g/mol. The number of hydrogen-bond acceptors (Lipinski definition) is 0. The second-order valence-corrected chi connectivity index (χ2v) is 35.1. The summed E-state index contributed by atoms with van der Waals surface area (Å²) in [4.78, 5) is 0. The number of fused-ring (bicyclic) bond motifs is 6. The molecule has 5 aliphatic rings. The number of benzene rings is 2. The van der Waals surface area contributed by atoms with Crippen LogP contribution in [-0.2, 0) is 24.7 Å². The van der Waals surface area contributed by atoms with Crippen LogP contribution in [0.3, 0.4) is 0 Å². The topological polar surface area (TPSA) is 0 Å². The minimum atomic E-state index is -4.74. The first-order valence-corrected chi connectivity index (χ1v) is 26.8. The van der Waals surface area contributed by atoms with E-state index in [4.69, 9.17) is 4.21 Å². The van der Waals surface area contributed by atoms with Gasteiger partial charge in [0.25, 0.3) is 0 Å². The Bertz CT molecular complexity index is 1970. The van der Waals surface area contributed by atoms with E-state index < -0.39 is 18.3 Å². The van der Waals surface area contributed by atoms with E-state index in [2.05, 4.69) is 167 Å². The van der Waals surface area contributed by atoms with Crippen LogP contribution in [0, 0.1) is 38.9 Å². The van der Waals surface area contributed by atoms with Gasteiger partial charge in [0, 0.05) is 0 Å². The van der Waals surface area contributed by atoms with Gasteiger partial charge in [-0.1, -0.05) is 0 Å². The molecule has 4 atom stereocenters. The molecule has 1 fully saturated rings. The Hall–Kier alpha value is -1.53. The first-order chi connectivity index (χ1) is 22.1. The molecular weight excluding hydrogens is 727 g/mol. The van der Waals surface area contributed by atoms with Crippen molar-refractivity contribution in [1.29, 1.82) is 0 Å². The van der Waals surface area contributed by atoms with E-state index in [1.54, 1.807) is 25.6 Å². The first-order valence-electron chi connectivity index (χ1n) is 18.9. The molecule has 270 valence electrons. The molecule has 0 aromatic heterocycles. The molecule has 2 aromatic carbocycles. The van der Waals surface area contributed by atoms with Crippen LogP contribution in [0.5, 0.6) is 0 Å². The number of halogens is 2. The van der Waals surface area contributed by atoms with E-state index in [9.17, 15) is 0 Å². The summed E-state index contributed by atoms with van der Waals surface area (Å²) in [5.74, 6) is 0.836. The summed E-state index contributed by atoms with van der Waals surface area (Å²) in [6, 6.07) is 21.2. The van der Waals surface area contributed by atoms with E-state index >= 15 is 0 Å². The van der Waals surface area contributed by atoms with E-state index in [1.807, 2.05) is 0 Å². The third-order valence-electron chi connectivity index (χ3n) is 17.0. The van der Waals surface area contributed by atoms with Crippen LogP contribution in [0.15, 0.2) is 104 Å². The summed E-state index contributed by atoms with van der Waals surface area (Å²) in [7, 11) is 0. The molecular formula is C47H64Cl2Zr. The van der Waals surface area contributed by atoms with Gasteiger partial charge in [0.2, 0.25) is 0 Å². The summed E-state index contributed by atoms with van der Waals surface area (Å²) in [5, 5.41) is 0. The fraction of sp³-hybridized carbons (Fsp3) is 0.511. The van der Waals surface area contributed by atoms with Gasteiger partial charge in [-0.3, -0.25) is 0 Å². The van der Waals surface area contributed by atoms with Gasteiger partial charge in [-0.15, -0.1) is 24.8 Å². The minimum absolute atomic E-state index is 0. The molecule has 50 heavy (non-hydrogen) atoms. The van der Waals surface area contributed by atoms with Crippen molar-refractivity contribution in [2.24, 2.45) is 38.9 Å². The molecule has 0 radical (unpaired) electrons. The van der Waals surface area contributed by atoms with Crippen LogP contribution >= 0.6 is 24.8 Å². The molecule has 4 unspecified atom stereocenters. The van der Waals surface area contributed by atoms with Crippen LogP contribution in [0.4, 0.5) is 0 Å². The zero-order valence-corrected chi connectivity index (χ0v) is 37.4. The van der Waals surface area contributed by atoms with Crippen molar-refractivity contribution < 1.29 is 18.3 Å². The second-order valence-electron chi connectivity index (χ2n) is 19.9. The van der Waals surface area contributed by atoms with Crippen LogP contribution in [-0.4, -0.2) is 4.21 Å². The summed E-state index contributed by atoms with van der Waals surface area (Å²) in [6.45, 7) is 31.1. The molecule has 7 rings (SSSR count). The van der Waals surface area contributed by atoms with Crippen molar-refractivity contribution in [3.8, 4) is 0 Å². The van der Waals surface area contributed by atoms with Crippen molar-refractivity contribution in [3.63, 3.8) is 0 Å². The second kappa shape index (κ2) is 11.7. The van der Waals surface area contributed by atoms with E-state index in [-0.39, 0.29) is 55.0 Å². The van der Waals surface area contributed by atoms with Crippen LogP contribution in [0.2, 0.25) is 7.75 Å². The zero-order valence-electron chi connectivity index (χ0n) is 33.3. The third-order valence-corrected chi connectivity index (χ3v) is 35.8. The molecule has 0 nitrogen and oxygen atoms in total. The van der Waals surface area contributed by atoms with Crippen molar-refractivity contribution in [1.82, 2.24) is 0 Å². The van der Waals surface area contributed by atoms with Gasteiger partial charge in [0.15, 0.2) is 0 Å². The van der Waals surface area contributed by atoms with Gasteiger partial charge < -0.3 is 0 Å². The first kappa shape index (κ1) is 39.7.